The molecule has 2 amide bonds. The van der Waals surface area contributed by atoms with Gasteiger partial charge in [-0.3, -0.25) is 4.90 Å². The predicted octanol–water partition coefficient (Wildman–Crippen LogP) is 2.91. The van der Waals surface area contributed by atoms with Gasteiger partial charge in [0, 0.05) is 6.42 Å². The number of hydrogen-bond acceptors (Lipinski definition) is 5. The van der Waals surface area contributed by atoms with E-state index in [1.54, 1.807) is 20.8 Å². The van der Waals surface area contributed by atoms with Crippen LogP contribution in [0, 0.1) is 0 Å². The van der Waals surface area contributed by atoms with Crippen molar-refractivity contribution in [3.8, 4) is 0 Å². The summed E-state index contributed by atoms with van der Waals surface area (Å²) in [6.07, 6.45) is -0.351. The maximum absolute atomic E-state index is 12.7. The van der Waals surface area contributed by atoms with Crippen LogP contribution < -0.4 is 5.32 Å². The van der Waals surface area contributed by atoms with Gasteiger partial charge in [0.05, 0.1) is 12.1 Å². The number of carbonyl (C=O) groups is 3. The predicted molar refractivity (Wildman–Crippen MR) is 99.6 cm³/mol. The molecule has 2 N–H and O–H groups in total. The molecule has 0 radical (unpaired) electrons. The van der Waals surface area contributed by atoms with Gasteiger partial charge in [-0.25, -0.2) is 14.4 Å². The molecule has 0 aliphatic carbocycles. The van der Waals surface area contributed by atoms with Crippen LogP contribution in [0.5, 0.6) is 0 Å². The smallest absolute Gasteiger partial charge is 0.411 e. The summed E-state index contributed by atoms with van der Waals surface area (Å²) in [5.41, 5.74) is -1.25. The highest BCUT2D eigenvalue weighted by Crippen LogP contribution is 2.47. The van der Waals surface area contributed by atoms with E-state index in [-0.39, 0.29) is 13.0 Å². The molecule has 2 saturated heterocycles. The highest BCUT2D eigenvalue weighted by molar-refractivity contribution is 5.87. The third-order valence-corrected chi connectivity index (χ3v) is 5.17. The molecule has 2 aliphatic heterocycles. The fourth-order valence-corrected chi connectivity index (χ4v) is 4.02. The molecule has 2 fully saturated rings. The Hall–Kier alpha value is -2.77. The summed E-state index contributed by atoms with van der Waals surface area (Å²) in [6, 6.07) is 8.32. The van der Waals surface area contributed by atoms with E-state index in [4.69, 9.17) is 9.47 Å². The number of carboxylic acids is 1. The molecule has 2 aliphatic rings. The monoisotopic (exact) mass is 390 g/mol. The molecule has 3 rings (SSSR count). The van der Waals surface area contributed by atoms with E-state index in [1.807, 2.05) is 30.3 Å². The van der Waals surface area contributed by atoms with Crippen LogP contribution >= 0.6 is 0 Å². The van der Waals surface area contributed by atoms with Gasteiger partial charge in [0.2, 0.25) is 0 Å². The lowest BCUT2D eigenvalue weighted by atomic mass is 9.85. The summed E-state index contributed by atoms with van der Waals surface area (Å²) in [4.78, 5) is 38.2. The summed E-state index contributed by atoms with van der Waals surface area (Å²) in [6.45, 7) is 5.30. The van der Waals surface area contributed by atoms with Crippen LogP contribution in [0.3, 0.4) is 0 Å². The first-order valence-electron chi connectivity index (χ1n) is 9.35. The van der Waals surface area contributed by atoms with Crippen molar-refractivity contribution >= 4 is 18.2 Å². The molecule has 2 heterocycles. The number of rotatable bonds is 4. The number of nitrogens with zero attached hydrogens (tertiary/aromatic N) is 1. The van der Waals surface area contributed by atoms with Crippen molar-refractivity contribution in [2.75, 3.05) is 0 Å². The van der Waals surface area contributed by atoms with Crippen LogP contribution in [0.25, 0.3) is 0 Å². The second kappa shape index (κ2) is 7.33. The second-order valence-corrected chi connectivity index (χ2v) is 8.31. The Morgan fingerprint density at radius 1 is 1.25 bits per heavy atom. The number of fused-ring (bicyclic) bond motifs is 2. The number of alkyl carbamates (subject to hydrolysis) is 1. The molecule has 0 aromatic heterocycles. The van der Waals surface area contributed by atoms with Gasteiger partial charge in [-0.2, -0.15) is 0 Å². The van der Waals surface area contributed by atoms with Gasteiger partial charge >= 0.3 is 18.2 Å². The van der Waals surface area contributed by atoms with E-state index in [2.05, 4.69) is 5.32 Å². The van der Waals surface area contributed by atoms with Crippen LogP contribution in [-0.2, 0) is 20.9 Å². The van der Waals surface area contributed by atoms with E-state index < -0.39 is 41.4 Å². The van der Waals surface area contributed by atoms with E-state index in [9.17, 15) is 19.5 Å². The molecule has 8 heteroatoms. The molecule has 2 bridgehead atoms. The fraction of sp³-hybridized carbons (Fsp3) is 0.550. The van der Waals surface area contributed by atoms with Gasteiger partial charge in [-0.1, -0.05) is 30.3 Å². The van der Waals surface area contributed by atoms with Gasteiger partial charge < -0.3 is 19.9 Å². The Balaban J connectivity index is 1.68. The number of carbonyl (C=O) groups excluding carboxylic acids is 2. The van der Waals surface area contributed by atoms with Gasteiger partial charge in [-0.05, 0) is 39.2 Å². The Morgan fingerprint density at radius 3 is 2.54 bits per heavy atom. The van der Waals surface area contributed by atoms with Crippen LogP contribution in [0.15, 0.2) is 30.3 Å². The van der Waals surface area contributed by atoms with Gasteiger partial charge in [0.15, 0.2) is 0 Å². The van der Waals surface area contributed by atoms with E-state index in [0.29, 0.717) is 12.8 Å². The third kappa shape index (κ3) is 3.90. The van der Waals surface area contributed by atoms with Crippen LogP contribution in [0.2, 0.25) is 0 Å². The Kier molecular flexibility index (Phi) is 5.23. The summed E-state index contributed by atoms with van der Waals surface area (Å²) < 4.78 is 10.7. The summed E-state index contributed by atoms with van der Waals surface area (Å²) in [5.74, 6) is -1.08. The minimum Gasteiger partial charge on any atom is -0.479 e. The number of carboxylic acid groups (broad SMARTS) is 1. The Labute approximate surface area is 163 Å². The van der Waals surface area contributed by atoms with Crippen molar-refractivity contribution in [2.45, 2.75) is 69.9 Å². The second-order valence-electron chi connectivity index (χ2n) is 8.31. The highest BCUT2D eigenvalue weighted by Gasteiger charge is 2.64. The molecule has 1 aromatic carbocycles. The van der Waals surface area contributed by atoms with Crippen LogP contribution in [0.1, 0.15) is 45.6 Å². The summed E-state index contributed by atoms with van der Waals surface area (Å²) >= 11 is 0. The minimum absolute atomic E-state index is 0.115. The largest absolute Gasteiger partial charge is 0.479 e. The normalized spacial score (nSPS) is 26.0. The summed E-state index contributed by atoms with van der Waals surface area (Å²) in [5, 5.41) is 12.6. The highest BCUT2D eigenvalue weighted by atomic mass is 16.6. The molecule has 152 valence electrons. The van der Waals surface area contributed by atoms with Crippen molar-refractivity contribution < 1.29 is 29.0 Å². The zero-order chi connectivity index (χ0) is 20.5. The lowest BCUT2D eigenvalue weighted by Gasteiger charge is -2.32. The zero-order valence-electron chi connectivity index (χ0n) is 16.3. The van der Waals surface area contributed by atoms with Crippen molar-refractivity contribution in [2.24, 2.45) is 0 Å². The summed E-state index contributed by atoms with van der Waals surface area (Å²) in [7, 11) is 0. The number of aliphatic carboxylic acids is 1. The van der Waals surface area contributed by atoms with Gasteiger partial charge in [0.1, 0.15) is 17.7 Å². The maximum atomic E-state index is 12.7. The molecule has 8 nitrogen and oxygen atoms in total. The molecular weight excluding hydrogens is 364 g/mol. The molecule has 28 heavy (non-hydrogen) atoms. The molecule has 1 aromatic rings. The van der Waals surface area contributed by atoms with Gasteiger partial charge in [0.25, 0.3) is 0 Å². The van der Waals surface area contributed by atoms with E-state index in [0.717, 1.165) is 5.56 Å². The van der Waals surface area contributed by atoms with Crippen molar-refractivity contribution in [3.05, 3.63) is 35.9 Å². The molecule has 0 spiro atoms. The first-order valence-corrected chi connectivity index (χ1v) is 9.35. The minimum atomic E-state index is -1.36. The van der Waals surface area contributed by atoms with Crippen LogP contribution in [-0.4, -0.2) is 51.4 Å². The lowest BCUT2D eigenvalue weighted by molar-refractivity contribution is -0.148. The SMILES string of the molecule is CC(C)(C)OC(=O)N1C2CCC1(C(=O)O)CC2NC(=O)OCc1ccccc1. The number of amides is 2. The average Bonchev–Trinajstić information content (AvgIpc) is 3.14. The van der Waals surface area contributed by atoms with Crippen molar-refractivity contribution in [3.63, 3.8) is 0 Å². The first kappa shape index (κ1) is 20.0. The maximum Gasteiger partial charge on any atom is 0.411 e. The van der Waals surface area contributed by atoms with E-state index >= 15 is 0 Å². The van der Waals surface area contributed by atoms with Crippen molar-refractivity contribution in [1.29, 1.82) is 0 Å². The van der Waals surface area contributed by atoms with Crippen molar-refractivity contribution in [1.82, 2.24) is 10.2 Å². The molecular formula is C20H26N2O6. The van der Waals surface area contributed by atoms with Gasteiger partial charge in [-0.15, -0.1) is 0 Å². The lowest BCUT2D eigenvalue weighted by Crippen LogP contribution is -2.52. The van der Waals surface area contributed by atoms with Crippen LogP contribution in [0.4, 0.5) is 9.59 Å². The molecule has 3 atom stereocenters. The number of nitrogens with one attached hydrogen (secondary N) is 1. The van der Waals surface area contributed by atoms with E-state index in [1.165, 1.54) is 4.90 Å². The fourth-order valence-electron chi connectivity index (χ4n) is 4.02. The topological polar surface area (TPSA) is 105 Å². The third-order valence-electron chi connectivity index (χ3n) is 5.17. The quantitative estimate of drug-likeness (QED) is 0.819. The molecule has 0 saturated carbocycles. The Bertz CT molecular complexity index is 760. The zero-order valence-corrected chi connectivity index (χ0v) is 16.3. The standard InChI is InChI=1S/C20H26N2O6/c1-19(2,3)28-18(26)22-15-9-10-20(22,16(23)24)11-14(15)21-17(25)27-12-13-7-5-4-6-8-13/h4-8,14-15H,9-12H2,1-3H3,(H,21,25)(H,23,24). The Morgan fingerprint density at radius 2 is 1.93 bits per heavy atom. The number of benzene rings is 1. The number of hydrogen-bond donors (Lipinski definition) is 2. The number of ether oxygens (including phenoxy) is 2. The molecule has 3 unspecified atom stereocenters. The average molecular weight is 390 g/mol. The first-order chi connectivity index (χ1) is 13.1.